The van der Waals surface area contributed by atoms with Gasteiger partial charge in [0.2, 0.25) is 15.9 Å². The van der Waals surface area contributed by atoms with Gasteiger partial charge < -0.3 is 14.8 Å². The van der Waals surface area contributed by atoms with E-state index in [1.165, 1.54) is 4.31 Å². The van der Waals surface area contributed by atoms with E-state index in [1.807, 2.05) is 0 Å². The molecular weight excluding hydrogens is 332 g/mol. The maximum Gasteiger partial charge on any atom is 0.246 e. The molecule has 1 saturated heterocycles. The van der Waals surface area contributed by atoms with Gasteiger partial charge in [0, 0.05) is 26.7 Å². The summed E-state index contributed by atoms with van der Waals surface area (Å²) >= 11 is 0. The maximum absolute atomic E-state index is 12.4. The Hall–Kier alpha value is -1.48. The summed E-state index contributed by atoms with van der Waals surface area (Å²) in [5.41, 5.74) is 0.834. The first-order chi connectivity index (χ1) is 11.5. The number of hydrogen-bond donors (Lipinski definition) is 1. The van der Waals surface area contributed by atoms with E-state index in [0.717, 1.165) is 18.4 Å². The third kappa shape index (κ3) is 5.27. The molecule has 24 heavy (non-hydrogen) atoms. The normalized spacial score (nSPS) is 15.5. The smallest absolute Gasteiger partial charge is 0.246 e. The van der Waals surface area contributed by atoms with Crippen LogP contribution in [0.3, 0.4) is 0 Å². The first-order valence-electron chi connectivity index (χ1n) is 7.96. The highest BCUT2D eigenvalue weighted by Crippen LogP contribution is 2.20. The average molecular weight is 356 g/mol. The van der Waals surface area contributed by atoms with Crippen molar-refractivity contribution in [2.24, 2.45) is 0 Å². The second-order valence-electron chi connectivity index (χ2n) is 5.58. The van der Waals surface area contributed by atoms with Crippen molar-refractivity contribution in [2.75, 3.05) is 40.0 Å². The molecule has 1 aromatic carbocycles. The molecule has 0 unspecified atom stereocenters. The van der Waals surface area contributed by atoms with Crippen LogP contribution in [0.25, 0.3) is 0 Å². The van der Waals surface area contributed by atoms with Gasteiger partial charge in [-0.25, -0.2) is 8.42 Å². The molecule has 0 bridgehead atoms. The van der Waals surface area contributed by atoms with E-state index in [9.17, 15) is 13.2 Å². The molecular formula is C16H24N2O5S. The van der Waals surface area contributed by atoms with Gasteiger partial charge in [-0.2, -0.15) is 4.31 Å². The van der Waals surface area contributed by atoms with E-state index in [2.05, 4.69) is 5.32 Å². The molecule has 7 nitrogen and oxygen atoms in total. The lowest BCUT2D eigenvalue weighted by molar-refractivity contribution is -0.126. The highest BCUT2D eigenvalue weighted by molar-refractivity contribution is 7.89. The summed E-state index contributed by atoms with van der Waals surface area (Å²) in [6, 6.07) is 6.61. The fourth-order valence-electron chi connectivity index (χ4n) is 2.42. The minimum Gasteiger partial charge on any atom is -0.382 e. The van der Waals surface area contributed by atoms with Crippen LogP contribution in [0, 0.1) is 0 Å². The van der Waals surface area contributed by atoms with Gasteiger partial charge in [-0.3, -0.25) is 4.79 Å². The van der Waals surface area contributed by atoms with E-state index in [4.69, 9.17) is 9.47 Å². The Morgan fingerprint density at radius 2 is 1.83 bits per heavy atom. The predicted octanol–water partition coefficient (Wildman–Crippen LogP) is 0.750. The van der Waals surface area contributed by atoms with Gasteiger partial charge in [0.1, 0.15) is 6.61 Å². The number of amides is 1. The molecule has 0 aromatic heterocycles. The topological polar surface area (TPSA) is 84.9 Å². The van der Waals surface area contributed by atoms with Gasteiger partial charge in [-0.15, -0.1) is 0 Å². The first-order valence-corrected chi connectivity index (χ1v) is 9.40. The number of benzene rings is 1. The standard InChI is InChI=1S/C16H24N2O5S/c1-22-10-11-23-13-16(19)17-12-14-4-6-15(7-5-14)24(20,21)18-8-2-3-9-18/h4-7H,2-3,8-13H2,1H3,(H,17,19). The number of methoxy groups -OCH3 is 1. The molecule has 8 heteroatoms. The van der Waals surface area contributed by atoms with Gasteiger partial charge in [-0.05, 0) is 30.5 Å². The molecule has 0 aliphatic carbocycles. The van der Waals surface area contributed by atoms with Crippen LogP contribution in [0.4, 0.5) is 0 Å². The van der Waals surface area contributed by atoms with Crippen LogP contribution in [0.2, 0.25) is 0 Å². The lowest BCUT2D eigenvalue weighted by Crippen LogP contribution is -2.28. The van der Waals surface area contributed by atoms with Crippen LogP contribution in [0.15, 0.2) is 29.2 Å². The molecule has 0 radical (unpaired) electrons. The molecule has 0 saturated carbocycles. The molecule has 0 atom stereocenters. The van der Waals surface area contributed by atoms with Gasteiger partial charge >= 0.3 is 0 Å². The van der Waals surface area contributed by atoms with Crippen LogP contribution in [-0.2, 0) is 30.8 Å². The second-order valence-corrected chi connectivity index (χ2v) is 7.52. The van der Waals surface area contributed by atoms with Gasteiger partial charge in [0.05, 0.1) is 18.1 Å². The summed E-state index contributed by atoms with van der Waals surface area (Å²) in [5.74, 6) is -0.222. The number of carbonyl (C=O) groups excluding carboxylic acids is 1. The van der Waals surface area contributed by atoms with Gasteiger partial charge in [0.15, 0.2) is 0 Å². The molecule has 1 amide bonds. The Bertz CT molecular complexity index is 624. The Morgan fingerprint density at radius 1 is 1.17 bits per heavy atom. The molecule has 1 fully saturated rings. The predicted molar refractivity (Wildman–Crippen MR) is 89.0 cm³/mol. The van der Waals surface area contributed by atoms with Crippen molar-refractivity contribution in [3.8, 4) is 0 Å². The van der Waals surface area contributed by atoms with Crippen molar-refractivity contribution >= 4 is 15.9 Å². The third-order valence-electron chi connectivity index (χ3n) is 3.78. The summed E-state index contributed by atoms with van der Waals surface area (Å²) in [6.07, 6.45) is 1.82. The SMILES string of the molecule is COCCOCC(=O)NCc1ccc(S(=O)(=O)N2CCCC2)cc1. The van der Waals surface area contributed by atoms with E-state index >= 15 is 0 Å². The Morgan fingerprint density at radius 3 is 2.46 bits per heavy atom. The van der Waals surface area contributed by atoms with Gasteiger partial charge in [0.25, 0.3) is 0 Å². The summed E-state index contributed by atoms with van der Waals surface area (Å²) in [6.45, 7) is 2.29. The van der Waals surface area contributed by atoms with Crippen molar-refractivity contribution in [2.45, 2.75) is 24.3 Å². The van der Waals surface area contributed by atoms with Crippen molar-refractivity contribution in [3.05, 3.63) is 29.8 Å². The number of ether oxygens (including phenoxy) is 2. The molecule has 1 aliphatic rings. The van der Waals surface area contributed by atoms with Crippen molar-refractivity contribution in [1.29, 1.82) is 0 Å². The first kappa shape index (κ1) is 18.9. The van der Waals surface area contributed by atoms with Crippen LogP contribution < -0.4 is 5.32 Å². The fourth-order valence-corrected chi connectivity index (χ4v) is 3.93. The molecule has 1 N–H and O–H groups in total. The molecule has 1 heterocycles. The monoisotopic (exact) mass is 356 g/mol. The highest BCUT2D eigenvalue weighted by Gasteiger charge is 2.26. The number of nitrogens with zero attached hydrogens (tertiary/aromatic N) is 1. The molecule has 1 aliphatic heterocycles. The van der Waals surface area contributed by atoms with Crippen molar-refractivity contribution in [1.82, 2.24) is 9.62 Å². The fraction of sp³-hybridized carbons (Fsp3) is 0.562. The van der Waals surface area contributed by atoms with Crippen LogP contribution in [0.1, 0.15) is 18.4 Å². The van der Waals surface area contributed by atoms with Crippen LogP contribution >= 0.6 is 0 Å². The molecule has 2 rings (SSSR count). The number of hydrogen-bond acceptors (Lipinski definition) is 5. The number of nitrogens with one attached hydrogen (secondary N) is 1. The van der Waals surface area contributed by atoms with E-state index in [-0.39, 0.29) is 12.5 Å². The Balaban J connectivity index is 1.82. The largest absolute Gasteiger partial charge is 0.382 e. The van der Waals surface area contributed by atoms with Crippen LogP contribution in [0.5, 0.6) is 0 Å². The van der Waals surface area contributed by atoms with E-state index in [0.29, 0.717) is 37.7 Å². The zero-order chi connectivity index (χ0) is 17.4. The number of rotatable bonds is 9. The minimum atomic E-state index is -3.39. The van der Waals surface area contributed by atoms with Crippen molar-refractivity contribution < 1.29 is 22.7 Å². The molecule has 1 aromatic rings. The zero-order valence-corrected chi connectivity index (χ0v) is 14.7. The van der Waals surface area contributed by atoms with Gasteiger partial charge in [-0.1, -0.05) is 12.1 Å². The van der Waals surface area contributed by atoms with Crippen molar-refractivity contribution in [3.63, 3.8) is 0 Å². The second kappa shape index (κ2) is 9.12. The summed E-state index contributed by atoms with van der Waals surface area (Å²) in [4.78, 5) is 11.9. The number of sulfonamides is 1. The lowest BCUT2D eigenvalue weighted by Gasteiger charge is -2.15. The molecule has 0 spiro atoms. The maximum atomic E-state index is 12.4. The molecule has 134 valence electrons. The lowest BCUT2D eigenvalue weighted by atomic mass is 10.2. The summed E-state index contributed by atoms with van der Waals surface area (Å²) < 4.78 is 36.3. The van der Waals surface area contributed by atoms with E-state index < -0.39 is 10.0 Å². The number of carbonyl (C=O) groups is 1. The highest BCUT2D eigenvalue weighted by atomic mass is 32.2. The minimum absolute atomic E-state index is 0.0230. The average Bonchev–Trinajstić information content (AvgIpc) is 3.13. The zero-order valence-electron chi connectivity index (χ0n) is 13.9. The quantitative estimate of drug-likeness (QED) is 0.660. The summed E-state index contributed by atoms with van der Waals surface area (Å²) in [7, 11) is -1.82. The summed E-state index contributed by atoms with van der Waals surface area (Å²) in [5, 5.41) is 2.72. The Labute approximate surface area is 143 Å². The third-order valence-corrected chi connectivity index (χ3v) is 5.69. The van der Waals surface area contributed by atoms with Crippen LogP contribution in [-0.4, -0.2) is 58.7 Å². The van der Waals surface area contributed by atoms with E-state index in [1.54, 1.807) is 31.4 Å². The Kier molecular flexibility index (Phi) is 7.16.